The third-order valence-electron chi connectivity index (χ3n) is 4.15. The monoisotopic (exact) mass is 375 g/mol. The highest BCUT2D eigenvalue weighted by atomic mass is 32.2. The minimum absolute atomic E-state index is 0.00145. The van der Waals surface area contributed by atoms with Crippen LogP contribution in [0.1, 0.15) is 32.1 Å². The molecule has 0 atom stereocenters. The summed E-state index contributed by atoms with van der Waals surface area (Å²) >= 11 is 0. The second-order valence-corrected chi connectivity index (χ2v) is 7.82. The van der Waals surface area contributed by atoms with Crippen LogP contribution in [0.3, 0.4) is 0 Å². The van der Waals surface area contributed by atoms with E-state index in [2.05, 4.69) is 25.3 Å². The molecule has 1 aromatic heterocycles. The average molecular weight is 375 g/mol. The standard InChI is InChI=1S/C17H21N5O3S/c23-17(20-13-5-2-1-3-6-13)21-14-7-9-15(10-8-14)26(24,25)22-16-18-11-4-12-19-16/h4,7-13H,1-3,5-6H2,(H,18,19,22)(H2,20,21,23). The molecule has 1 aliphatic rings. The summed E-state index contributed by atoms with van der Waals surface area (Å²) in [5, 5.41) is 5.68. The number of rotatable bonds is 5. The molecule has 1 saturated carbocycles. The van der Waals surface area contributed by atoms with E-state index in [9.17, 15) is 13.2 Å². The van der Waals surface area contributed by atoms with Gasteiger partial charge in [0.1, 0.15) is 0 Å². The van der Waals surface area contributed by atoms with E-state index in [1.807, 2.05) is 0 Å². The molecule has 9 heteroatoms. The van der Waals surface area contributed by atoms with Gasteiger partial charge in [-0.3, -0.25) is 0 Å². The van der Waals surface area contributed by atoms with E-state index < -0.39 is 10.0 Å². The maximum absolute atomic E-state index is 12.3. The molecule has 1 aliphatic carbocycles. The van der Waals surface area contributed by atoms with Crippen molar-refractivity contribution < 1.29 is 13.2 Å². The SMILES string of the molecule is O=C(Nc1ccc(S(=O)(=O)Nc2ncccn2)cc1)NC1CCCCC1. The highest BCUT2D eigenvalue weighted by Crippen LogP contribution is 2.18. The number of carbonyl (C=O) groups excluding carboxylic acids is 1. The fraction of sp³-hybridized carbons (Fsp3) is 0.353. The van der Waals surface area contributed by atoms with Gasteiger partial charge in [-0.15, -0.1) is 0 Å². The maximum atomic E-state index is 12.3. The van der Waals surface area contributed by atoms with Gasteiger partial charge in [0.05, 0.1) is 4.90 Å². The van der Waals surface area contributed by atoms with Gasteiger partial charge in [-0.1, -0.05) is 19.3 Å². The third kappa shape index (κ3) is 4.92. The first-order chi connectivity index (χ1) is 12.5. The summed E-state index contributed by atoms with van der Waals surface area (Å²) < 4.78 is 26.9. The fourth-order valence-electron chi connectivity index (χ4n) is 2.85. The molecule has 138 valence electrons. The highest BCUT2D eigenvalue weighted by Gasteiger charge is 2.17. The first kappa shape index (κ1) is 18.1. The number of benzene rings is 1. The molecule has 1 fully saturated rings. The Kier molecular flexibility index (Phi) is 5.67. The average Bonchev–Trinajstić information content (AvgIpc) is 2.63. The Morgan fingerprint density at radius 2 is 1.65 bits per heavy atom. The summed E-state index contributed by atoms with van der Waals surface area (Å²) in [7, 11) is -3.78. The van der Waals surface area contributed by atoms with Crippen LogP contribution in [0.25, 0.3) is 0 Å². The van der Waals surface area contributed by atoms with E-state index in [1.165, 1.54) is 30.9 Å². The molecule has 1 aromatic carbocycles. The molecule has 2 aromatic rings. The van der Waals surface area contributed by atoms with Crippen LogP contribution in [-0.2, 0) is 10.0 Å². The number of nitrogens with one attached hydrogen (secondary N) is 3. The minimum Gasteiger partial charge on any atom is -0.335 e. The Labute approximate surface area is 152 Å². The smallest absolute Gasteiger partial charge is 0.319 e. The number of urea groups is 1. The Balaban J connectivity index is 1.59. The lowest BCUT2D eigenvalue weighted by Gasteiger charge is -2.22. The Morgan fingerprint density at radius 1 is 1.00 bits per heavy atom. The van der Waals surface area contributed by atoms with E-state index >= 15 is 0 Å². The van der Waals surface area contributed by atoms with Crippen LogP contribution in [0.5, 0.6) is 0 Å². The van der Waals surface area contributed by atoms with Crippen LogP contribution < -0.4 is 15.4 Å². The number of sulfonamides is 1. The number of amides is 2. The van der Waals surface area contributed by atoms with Crippen LogP contribution in [0, 0.1) is 0 Å². The lowest BCUT2D eigenvalue weighted by molar-refractivity contribution is 0.244. The van der Waals surface area contributed by atoms with Gasteiger partial charge < -0.3 is 10.6 Å². The van der Waals surface area contributed by atoms with Gasteiger partial charge >= 0.3 is 6.03 Å². The van der Waals surface area contributed by atoms with E-state index in [0.717, 1.165) is 25.7 Å². The van der Waals surface area contributed by atoms with Crippen molar-refractivity contribution in [3.05, 3.63) is 42.7 Å². The van der Waals surface area contributed by atoms with Crippen LogP contribution in [-0.4, -0.2) is 30.5 Å². The lowest BCUT2D eigenvalue weighted by atomic mass is 9.96. The van der Waals surface area contributed by atoms with E-state index in [-0.39, 0.29) is 22.9 Å². The Hall–Kier alpha value is -2.68. The summed E-state index contributed by atoms with van der Waals surface area (Å²) in [6, 6.07) is 7.45. The number of carbonyl (C=O) groups is 1. The molecule has 26 heavy (non-hydrogen) atoms. The molecule has 0 radical (unpaired) electrons. The van der Waals surface area contributed by atoms with Crippen LogP contribution in [0.2, 0.25) is 0 Å². The summed E-state index contributed by atoms with van der Waals surface area (Å²) in [6.45, 7) is 0. The Morgan fingerprint density at radius 3 is 2.31 bits per heavy atom. The highest BCUT2D eigenvalue weighted by molar-refractivity contribution is 7.92. The molecule has 0 unspecified atom stereocenters. The number of nitrogens with zero attached hydrogens (tertiary/aromatic N) is 2. The molecule has 0 spiro atoms. The van der Waals surface area contributed by atoms with Crippen LogP contribution in [0.4, 0.5) is 16.4 Å². The summed E-state index contributed by atoms with van der Waals surface area (Å²) in [5.41, 5.74) is 0.522. The normalized spacial score (nSPS) is 15.2. The van der Waals surface area contributed by atoms with Gasteiger partial charge in [0, 0.05) is 24.1 Å². The molecule has 0 aliphatic heterocycles. The summed E-state index contributed by atoms with van der Waals surface area (Å²) in [6.07, 6.45) is 8.38. The summed E-state index contributed by atoms with van der Waals surface area (Å²) in [4.78, 5) is 19.8. The second-order valence-electron chi connectivity index (χ2n) is 6.14. The van der Waals surface area contributed by atoms with Crippen molar-refractivity contribution in [3.8, 4) is 0 Å². The Bertz CT molecular complexity index is 834. The molecule has 1 heterocycles. The quantitative estimate of drug-likeness (QED) is 0.744. The van der Waals surface area contributed by atoms with Crippen molar-refractivity contribution in [2.45, 2.75) is 43.0 Å². The van der Waals surface area contributed by atoms with Crippen LogP contribution >= 0.6 is 0 Å². The minimum atomic E-state index is -3.78. The van der Waals surface area contributed by atoms with Crippen molar-refractivity contribution in [3.63, 3.8) is 0 Å². The van der Waals surface area contributed by atoms with E-state index in [4.69, 9.17) is 0 Å². The van der Waals surface area contributed by atoms with Crippen molar-refractivity contribution >= 4 is 27.7 Å². The number of anilines is 2. The first-order valence-corrected chi connectivity index (χ1v) is 9.99. The van der Waals surface area contributed by atoms with Gasteiger partial charge in [-0.25, -0.2) is 27.9 Å². The van der Waals surface area contributed by atoms with Gasteiger partial charge in [0.2, 0.25) is 5.95 Å². The zero-order chi connectivity index (χ0) is 18.4. The molecule has 0 bridgehead atoms. The molecule has 3 N–H and O–H groups in total. The van der Waals surface area contributed by atoms with Gasteiger partial charge in [-0.05, 0) is 43.2 Å². The van der Waals surface area contributed by atoms with Gasteiger partial charge in [0.15, 0.2) is 0 Å². The van der Waals surface area contributed by atoms with Crippen LogP contribution in [0.15, 0.2) is 47.6 Å². The molecule has 2 amide bonds. The van der Waals surface area contributed by atoms with Crippen molar-refractivity contribution in [1.82, 2.24) is 15.3 Å². The van der Waals surface area contributed by atoms with E-state index in [0.29, 0.717) is 5.69 Å². The number of hydrogen-bond acceptors (Lipinski definition) is 5. The largest absolute Gasteiger partial charge is 0.335 e. The molecule has 8 nitrogen and oxygen atoms in total. The van der Waals surface area contributed by atoms with Gasteiger partial charge in [0.25, 0.3) is 10.0 Å². The fourth-order valence-corrected chi connectivity index (χ4v) is 3.81. The second kappa shape index (κ2) is 8.13. The topological polar surface area (TPSA) is 113 Å². The zero-order valence-corrected chi connectivity index (χ0v) is 15.0. The van der Waals surface area contributed by atoms with Gasteiger partial charge in [-0.2, -0.15) is 0 Å². The van der Waals surface area contributed by atoms with Crippen molar-refractivity contribution in [2.24, 2.45) is 0 Å². The lowest BCUT2D eigenvalue weighted by Crippen LogP contribution is -2.39. The molecule has 0 saturated heterocycles. The molecular formula is C17H21N5O3S. The predicted octanol–water partition coefficient (Wildman–Crippen LogP) is 2.73. The third-order valence-corrected chi connectivity index (χ3v) is 5.50. The first-order valence-electron chi connectivity index (χ1n) is 8.50. The number of aromatic nitrogens is 2. The zero-order valence-electron chi connectivity index (χ0n) is 14.2. The predicted molar refractivity (Wildman–Crippen MR) is 98.3 cm³/mol. The van der Waals surface area contributed by atoms with Crippen molar-refractivity contribution in [1.29, 1.82) is 0 Å². The van der Waals surface area contributed by atoms with Crippen molar-refractivity contribution in [2.75, 3.05) is 10.0 Å². The van der Waals surface area contributed by atoms with E-state index in [1.54, 1.807) is 18.2 Å². The molecule has 3 rings (SSSR count). The number of hydrogen-bond donors (Lipinski definition) is 3. The molecular weight excluding hydrogens is 354 g/mol. The summed E-state index contributed by atoms with van der Waals surface area (Å²) in [5.74, 6) is 0.00145. The maximum Gasteiger partial charge on any atom is 0.319 e.